The number of nitrogens with one attached hydrogen (secondary N) is 1. The van der Waals surface area contributed by atoms with E-state index < -0.39 is 0 Å². The Morgan fingerprint density at radius 2 is 1.80 bits per heavy atom. The van der Waals surface area contributed by atoms with E-state index >= 15 is 0 Å². The molecule has 1 unspecified atom stereocenters. The zero-order chi connectivity index (χ0) is 14.5. The Morgan fingerprint density at radius 1 is 1.10 bits per heavy atom. The molecule has 0 aliphatic carbocycles. The third kappa shape index (κ3) is 4.62. The number of rotatable bonds is 5. The molecule has 2 rings (SSSR count). The lowest BCUT2D eigenvalue weighted by molar-refractivity contribution is 0.577. The first kappa shape index (κ1) is 16.1. The standard InChI is InChI=1S/C16H16Cl2IN/c1-11(12-3-6-15(19)7-4-12)20-9-8-13-2-5-14(17)10-16(13)18/h2-7,10-11,20H,8-9H2,1H3. The van der Waals surface area contributed by atoms with Crippen LogP contribution < -0.4 is 5.32 Å². The first-order valence-corrected chi connectivity index (χ1v) is 8.32. The van der Waals surface area contributed by atoms with Crippen molar-refractivity contribution in [2.24, 2.45) is 0 Å². The molecule has 0 bridgehead atoms. The van der Waals surface area contributed by atoms with Crippen molar-refractivity contribution in [3.8, 4) is 0 Å². The summed E-state index contributed by atoms with van der Waals surface area (Å²) in [7, 11) is 0. The van der Waals surface area contributed by atoms with Crippen LogP contribution >= 0.6 is 45.8 Å². The van der Waals surface area contributed by atoms with Crippen molar-refractivity contribution in [3.05, 3.63) is 67.2 Å². The van der Waals surface area contributed by atoms with Crippen molar-refractivity contribution < 1.29 is 0 Å². The summed E-state index contributed by atoms with van der Waals surface area (Å²) in [5.74, 6) is 0. The largest absolute Gasteiger partial charge is 0.310 e. The summed E-state index contributed by atoms with van der Waals surface area (Å²) in [6.07, 6.45) is 0.894. The fourth-order valence-electron chi connectivity index (χ4n) is 2.02. The first-order valence-electron chi connectivity index (χ1n) is 6.49. The predicted octanol–water partition coefficient (Wildman–Crippen LogP) is 5.49. The molecule has 1 atom stereocenters. The molecule has 0 aliphatic rings. The van der Waals surface area contributed by atoms with Crippen LogP contribution in [0.25, 0.3) is 0 Å². The summed E-state index contributed by atoms with van der Waals surface area (Å²) >= 11 is 14.4. The topological polar surface area (TPSA) is 12.0 Å². The van der Waals surface area contributed by atoms with Gasteiger partial charge in [0.15, 0.2) is 0 Å². The van der Waals surface area contributed by atoms with Gasteiger partial charge in [-0.05, 0) is 77.9 Å². The van der Waals surface area contributed by atoms with Crippen LogP contribution in [0.3, 0.4) is 0 Å². The van der Waals surface area contributed by atoms with E-state index in [1.165, 1.54) is 9.13 Å². The van der Waals surface area contributed by atoms with Gasteiger partial charge in [-0.3, -0.25) is 0 Å². The number of halogens is 3. The highest BCUT2D eigenvalue weighted by molar-refractivity contribution is 14.1. The van der Waals surface area contributed by atoms with Crippen LogP contribution in [0.15, 0.2) is 42.5 Å². The van der Waals surface area contributed by atoms with E-state index in [1.54, 1.807) is 6.07 Å². The Kier molecular flexibility index (Phi) is 6.15. The van der Waals surface area contributed by atoms with Crippen LogP contribution in [0, 0.1) is 3.57 Å². The normalized spacial score (nSPS) is 12.4. The van der Waals surface area contributed by atoms with Crippen molar-refractivity contribution >= 4 is 45.8 Å². The lowest BCUT2D eigenvalue weighted by Gasteiger charge is -2.14. The van der Waals surface area contributed by atoms with E-state index in [4.69, 9.17) is 23.2 Å². The van der Waals surface area contributed by atoms with Gasteiger partial charge in [0, 0.05) is 19.7 Å². The maximum absolute atomic E-state index is 6.17. The van der Waals surface area contributed by atoms with E-state index in [1.807, 2.05) is 12.1 Å². The fraction of sp³-hybridized carbons (Fsp3) is 0.250. The summed E-state index contributed by atoms with van der Waals surface area (Å²) in [6.45, 7) is 3.06. The van der Waals surface area contributed by atoms with Crippen molar-refractivity contribution in [2.45, 2.75) is 19.4 Å². The highest BCUT2D eigenvalue weighted by atomic mass is 127. The molecule has 0 fully saturated rings. The van der Waals surface area contributed by atoms with Gasteiger partial charge in [-0.25, -0.2) is 0 Å². The van der Waals surface area contributed by atoms with Gasteiger partial charge >= 0.3 is 0 Å². The van der Waals surface area contributed by atoms with E-state index in [2.05, 4.69) is 59.1 Å². The molecule has 0 aliphatic heterocycles. The molecule has 2 aromatic carbocycles. The summed E-state index contributed by atoms with van der Waals surface area (Å²) in [5.41, 5.74) is 2.42. The first-order chi connectivity index (χ1) is 9.56. The summed E-state index contributed by atoms with van der Waals surface area (Å²) < 4.78 is 1.26. The van der Waals surface area contributed by atoms with Gasteiger partial charge in [0.25, 0.3) is 0 Å². The minimum atomic E-state index is 0.332. The smallest absolute Gasteiger partial charge is 0.0453 e. The molecule has 106 valence electrons. The van der Waals surface area contributed by atoms with Gasteiger partial charge in [0.2, 0.25) is 0 Å². The van der Waals surface area contributed by atoms with Gasteiger partial charge in [0.1, 0.15) is 0 Å². The van der Waals surface area contributed by atoms with Crippen LogP contribution in [0.1, 0.15) is 24.1 Å². The molecule has 0 saturated carbocycles. The second kappa shape index (κ2) is 7.64. The lowest BCUT2D eigenvalue weighted by atomic mass is 10.1. The predicted molar refractivity (Wildman–Crippen MR) is 95.7 cm³/mol. The van der Waals surface area contributed by atoms with E-state index in [9.17, 15) is 0 Å². The second-order valence-corrected chi connectivity index (χ2v) is 6.80. The average molecular weight is 420 g/mol. The van der Waals surface area contributed by atoms with E-state index in [-0.39, 0.29) is 0 Å². The molecule has 1 nitrogen and oxygen atoms in total. The Labute approximate surface area is 143 Å². The maximum atomic E-state index is 6.17. The minimum Gasteiger partial charge on any atom is -0.310 e. The van der Waals surface area contributed by atoms with Crippen LogP contribution in [0.5, 0.6) is 0 Å². The summed E-state index contributed by atoms with van der Waals surface area (Å²) in [6, 6.07) is 14.6. The molecule has 0 saturated heterocycles. The van der Waals surface area contributed by atoms with E-state index in [0.29, 0.717) is 11.1 Å². The van der Waals surface area contributed by atoms with Crippen LogP contribution in [-0.2, 0) is 6.42 Å². The van der Waals surface area contributed by atoms with Gasteiger partial charge in [-0.1, -0.05) is 41.4 Å². The molecule has 2 aromatic rings. The molecule has 4 heteroatoms. The molecule has 0 aromatic heterocycles. The van der Waals surface area contributed by atoms with Crippen LogP contribution in [0.2, 0.25) is 10.0 Å². The minimum absolute atomic E-state index is 0.332. The Hall–Kier alpha value is -0.290. The van der Waals surface area contributed by atoms with Gasteiger partial charge in [-0.15, -0.1) is 0 Å². The third-order valence-corrected chi connectivity index (χ3v) is 4.54. The van der Waals surface area contributed by atoms with E-state index in [0.717, 1.165) is 23.6 Å². The SMILES string of the molecule is CC(NCCc1ccc(Cl)cc1Cl)c1ccc(I)cc1. The molecule has 1 N–H and O–H groups in total. The molecular weight excluding hydrogens is 404 g/mol. The Morgan fingerprint density at radius 3 is 2.45 bits per heavy atom. The Balaban J connectivity index is 1.87. The van der Waals surface area contributed by atoms with Gasteiger partial charge in [-0.2, -0.15) is 0 Å². The molecule has 0 spiro atoms. The monoisotopic (exact) mass is 419 g/mol. The van der Waals surface area contributed by atoms with Crippen molar-refractivity contribution in [1.29, 1.82) is 0 Å². The molecule has 0 amide bonds. The average Bonchev–Trinajstić information content (AvgIpc) is 2.42. The number of benzene rings is 2. The number of hydrogen-bond donors (Lipinski definition) is 1. The maximum Gasteiger partial charge on any atom is 0.0453 e. The zero-order valence-electron chi connectivity index (χ0n) is 11.2. The highest BCUT2D eigenvalue weighted by Crippen LogP contribution is 2.21. The van der Waals surface area contributed by atoms with Gasteiger partial charge in [0.05, 0.1) is 0 Å². The van der Waals surface area contributed by atoms with Crippen molar-refractivity contribution in [1.82, 2.24) is 5.32 Å². The second-order valence-electron chi connectivity index (χ2n) is 4.71. The number of hydrogen-bond acceptors (Lipinski definition) is 1. The Bertz CT molecular complexity index is 569. The van der Waals surface area contributed by atoms with Crippen molar-refractivity contribution in [2.75, 3.05) is 6.54 Å². The summed E-state index contributed by atoms with van der Waals surface area (Å²) in [5, 5.41) is 4.93. The molecule has 0 radical (unpaired) electrons. The van der Waals surface area contributed by atoms with Crippen LogP contribution in [-0.4, -0.2) is 6.54 Å². The zero-order valence-corrected chi connectivity index (χ0v) is 14.8. The van der Waals surface area contributed by atoms with Gasteiger partial charge < -0.3 is 5.32 Å². The lowest BCUT2D eigenvalue weighted by Crippen LogP contribution is -2.21. The highest BCUT2D eigenvalue weighted by Gasteiger charge is 2.05. The summed E-state index contributed by atoms with van der Waals surface area (Å²) in [4.78, 5) is 0. The fourth-order valence-corrected chi connectivity index (χ4v) is 2.88. The molecular formula is C16H16Cl2IN. The third-order valence-electron chi connectivity index (χ3n) is 3.23. The molecule has 20 heavy (non-hydrogen) atoms. The quantitative estimate of drug-likeness (QED) is 0.631. The van der Waals surface area contributed by atoms with Crippen LogP contribution in [0.4, 0.5) is 0 Å². The van der Waals surface area contributed by atoms with Crippen molar-refractivity contribution in [3.63, 3.8) is 0 Å². The molecule has 0 heterocycles.